The van der Waals surface area contributed by atoms with Crippen LogP contribution in [0.3, 0.4) is 0 Å². The van der Waals surface area contributed by atoms with Gasteiger partial charge in [-0.3, -0.25) is 4.79 Å². The maximum absolute atomic E-state index is 12.2. The maximum Gasteiger partial charge on any atom is 0.227 e. The number of ether oxygens (including phenoxy) is 3. The van der Waals surface area contributed by atoms with Crippen molar-refractivity contribution in [3.8, 4) is 11.5 Å². The van der Waals surface area contributed by atoms with E-state index in [2.05, 4.69) is 10.6 Å². The van der Waals surface area contributed by atoms with Gasteiger partial charge in [-0.15, -0.1) is 0 Å². The summed E-state index contributed by atoms with van der Waals surface area (Å²) in [5.41, 5.74) is 0.626. The van der Waals surface area contributed by atoms with Crippen LogP contribution in [0.1, 0.15) is 20.3 Å². The van der Waals surface area contributed by atoms with Crippen LogP contribution in [0.2, 0.25) is 0 Å². The summed E-state index contributed by atoms with van der Waals surface area (Å²) < 4.78 is 16.6. The van der Waals surface area contributed by atoms with E-state index in [4.69, 9.17) is 14.2 Å². The molecular formula is C16H24N2O4. The van der Waals surface area contributed by atoms with Crippen molar-refractivity contribution in [1.82, 2.24) is 5.32 Å². The molecule has 1 atom stereocenters. The fraction of sp³-hybridized carbons (Fsp3) is 0.562. The zero-order valence-corrected chi connectivity index (χ0v) is 13.2. The van der Waals surface area contributed by atoms with E-state index in [-0.39, 0.29) is 12.0 Å². The van der Waals surface area contributed by atoms with Gasteiger partial charge in [0.15, 0.2) is 0 Å². The Morgan fingerprint density at radius 3 is 2.86 bits per heavy atom. The highest BCUT2D eigenvalue weighted by Gasteiger charge is 2.18. The van der Waals surface area contributed by atoms with Crippen LogP contribution >= 0.6 is 0 Å². The van der Waals surface area contributed by atoms with E-state index in [0.717, 1.165) is 6.54 Å². The van der Waals surface area contributed by atoms with Gasteiger partial charge in [0.1, 0.15) is 11.5 Å². The molecule has 6 nitrogen and oxygen atoms in total. The molecule has 1 aliphatic heterocycles. The third-order valence-corrected chi connectivity index (χ3v) is 3.25. The molecule has 1 amide bonds. The highest BCUT2D eigenvalue weighted by molar-refractivity contribution is 5.92. The molecule has 2 rings (SSSR count). The van der Waals surface area contributed by atoms with Crippen molar-refractivity contribution in [3.05, 3.63) is 18.2 Å². The lowest BCUT2D eigenvalue weighted by Gasteiger charge is -2.23. The summed E-state index contributed by atoms with van der Waals surface area (Å²) in [6.45, 7) is 7.11. The molecule has 0 saturated carbocycles. The van der Waals surface area contributed by atoms with E-state index in [1.165, 1.54) is 0 Å². The maximum atomic E-state index is 12.2. The first-order valence-corrected chi connectivity index (χ1v) is 7.74. The molecule has 0 radical (unpaired) electrons. The minimum absolute atomic E-state index is 0.0839. The van der Waals surface area contributed by atoms with E-state index in [9.17, 15) is 4.79 Å². The summed E-state index contributed by atoms with van der Waals surface area (Å²) in [6.07, 6.45) is 0.233. The van der Waals surface area contributed by atoms with Gasteiger partial charge in [-0.25, -0.2) is 0 Å². The summed E-state index contributed by atoms with van der Waals surface area (Å²) >= 11 is 0. The molecule has 0 bridgehead atoms. The molecule has 1 fully saturated rings. The molecule has 122 valence electrons. The average molecular weight is 308 g/mol. The monoisotopic (exact) mass is 308 g/mol. The largest absolute Gasteiger partial charge is 0.494 e. The zero-order valence-electron chi connectivity index (χ0n) is 13.2. The van der Waals surface area contributed by atoms with Crippen LogP contribution < -0.4 is 20.1 Å². The summed E-state index contributed by atoms with van der Waals surface area (Å²) in [6, 6.07) is 5.42. The van der Waals surface area contributed by atoms with Gasteiger partial charge in [-0.1, -0.05) is 0 Å². The van der Waals surface area contributed by atoms with Crippen LogP contribution in [0, 0.1) is 0 Å². The van der Waals surface area contributed by atoms with E-state index in [1.807, 2.05) is 26.0 Å². The number of amides is 1. The van der Waals surface area contributed by atoms with Crippen molar-refractivity contribution < 1.29 is 19.0 Å². The highest BCUT2D eigenvalue weighted by Crippen LogP contribution is 2.29. The van der Waals surface area contributed by atoms with Gasteiger partial charge < -0.3 is 24.8 Å². The van der Waals surface area contributed by atoms with Gasteiger partial charge in [-0.2, -0.15) is 0 Å². The topological polar surface area (TPSA) is 68.8 Å². The molecule has 1 aliphatic rings. The fourth-order valence-electron chi connectivity index (χ4n) is 2.30. The lowest BCUT2D eigenvalue weighted by molar-refractivity contribution is -0.119. The first kappa shape index (κ1) is 16.6. The van der Waals surface area contributed by atoms with Crippen LogP contribution in [-0.4, -0.2) is 44.9 Å². The summed E-state index contributed by atoms with van der Waals surface area (Å²) in [5.74, 6) is 1.25. The summed E-state index contributed by atoms with van der Waals surface area (Å²) in [4.78, 5) is 12.2. The molecular weight excluding hydrogens is 284 g/mol. The Morgan fingerprint density at radius 1 is 1.36 bits per heavy atom. The van der Waals surface area contributed by atoms with Gasteiger partial charge >= 0.3 is 0 Å². The fourth-order valence-corrected chi connectivity index (χ4v) is 2.30. The molecule has 6 heteroatoms. The quantitative estimate of drug-likeness (QED) is 0.804. The number of rotatable bonds is 7. The van der Waals surface area contributed by atoms with Gasteiger partial charge in [0.25, 0.3) is 0 Å². The third-order valence-electron chi connectivity index (χ3n) is 3.25. The molecule has 1 heterocycles. The molecule has 0 spiro atoms. The molecule has 22 heavy (non-hydrogen) atoms. The van der Waals surface area contributed by atoms with Crippen LogP contribution in [-0.2, 0) is 9.53 Å². The van der Waals surface area contributed by atoms with E-state index >= 15 is 0 Å². The SMILES string of the molecule is CCOc1ccc(OCC)c(NC(=O)CC2CNCCO2)c1. The first-order chi connectivity index (χ1) is 10.7. The number of hydrogen-bond acceptors (Lipinski definition) is 5. The smallest absolute Gasteiger partial charge is 0.227 e. The Balaban J connectivity index is 2.01. The Morgan fingerprint density at radius 2 is 2.18 bits per heavy atom. The number of nitrogens with one attached hydrogen (secondary N) is 2. The molecule has 0 aromatic heterocycles. The molecule has 1 aromatic rings. The number of carbonyl (C=O) groups excluding carboxylic acids is 1. The number of morpholine rings is 1. The lowest BCUT2D eigenvalue weighted by Crippen LogP contribution is -2.40. The first-order valence-electron chi connectivity index (χ1n) is 7.74. The molecule has 2 N–H and O–H groups in total. The van der Waals surface area contributed by atoms with Crippen LogP contribution in [0.15, 0.2) is 18.2 Å². The Hall–Kier alpha value is -1.79. The van der Waals surface area contributed by atoms with Crippen LogP contribution in [0.5, 0.6) is 11.5 Å². The average Bonchev–Trinajstić information content (AvgIpc) is 2.51. The second kappa shape index (κ2) is 8.60. The van der Waals surface area contributed by atoms with Crippen molar-refractivity contribution in [2.75, 3.05) is 38.2 Å². The Bertz CT molecular complexity index is 487. The predicted molar refractivity (Wildman–Crippen MR) is 84.6 cm³/mol. The molecule has 1 unspecified atom stereocenters. The second-order valence-electron chi connectivity index (χ2n) is 4.97. The molecule has 1 saturated heterocycles. The normalized spacial score (nSPS) is 17.8. The van der Waals surface area contributed by atoms with Gasteiger partial charge in [0.2, 0.25) is 5.91 Å². The second-order valence-corrected chi connectivity index (χ2v) is 4.97. The molecule has 1 aromatic carbocycles. The van der Waals surface area contributed by atoms with E-state index in [0.29, 0.717) is 50.0 Å². The number of carbonyl (C=O) groups is 1. The van der Waals surface area contributed by atoms with Crippen molar-refractivity contribution >= 4 is 11.6 Å². The van der Waals surface area contributed by atoms with Gasteiger partial charge in [0.05, 0.1) is 38.0 Å². The zero-order chi connectivity index (χ0) is 15.8. The van der Waals surface area contributed by atoms with Crippen molar-refractivity contribution in [2.45, 2.75) is 26.4 Å². The summed E-state index contributed by atoms with van der Waals surface area (Å²) in [5, 5.41) is 6.10. The minimum Gasteiger partial charge on any atom is -0.494 e. The van der Waals surface area contributed by atoms with E-state index in [1.54, 1.807) is 6.07 Å². The molecule has 0 aliphatic carbocycles. The predicted octanol–water partition coefficient (Wildman–Crippen LogP) is 1.80. The highest BCUT2D eigenvalue weighted by atomic mass is 16.5. The standard InChI is InChI=1S/C16H24N2O4/c1-3-20-12-5-6-15(21-4-2)14(9-12)18-16(19)10-13-11-17-7-8-22-13/h5-6,9,13,17H,3-4,7-8,10-11H2,1-2H3,(H,18,19). The number of benzene rings is 1. The third kappa shape index (κ3) is 4.89. The van der Waals surface area contributed by atoms with Crippen molar-refractivity contribution in [3.63, 3.8) is 0 Å². The Labute approximate surface area is 131 Å². The van der Waals surface area contributed by atoms with E-state index < -0.39 is 0 Å². The van der Waals surface area contributed by atoms with Gasteiger partial charge in [-0.05, 0) is 26.0 Å². The van der Waals surface area contributed by atoms with Crippen molar-refractivity contribution in [2.24, 2.45) is 0 Å². The number of anilines is 1. The Kier molecular flexibility index (Phi) is 6.48. The van der Waals surface area contributed by atoms with Gasteiger partial charge in [0, 0.05) is 19.2 Å². The lowest BCUT2D eigenvalue weighted by atomic mass is 10.2. The van der Waals surface area contributed by atoms with Crippen LogP contribution in [0.25, 0.3) is 0 Å². The summed E-state index contributed by atoms with van der Waals surface area (Å²) in [7, 11) is 0. The minimum atomic E-state index is -0.0942. The van der Waals surface area contributed by atoms with Crippen molar-refractivity contribution in [1.29, 1.82) is 0 Å². The van der Waals surface area contributed by atoms with Crippen LogP contribution in [0.4, 0.5) is 5.69 Å². The number of hydrogen-bond donors (Lipinski definition) is 2.